The summed E-state index contributed by atoms with van der Waals surface area (Å²) in [5.74, 6) is 0.662. The first kappa shape index (κ1) is 21.8. The van der Waals surface area contributed by atoms with Gasteiger partial charge in [0.05, 0.1) is 5.92 Å². The zero-order valence-corrected chi connectivity index (χ0v) is 18.2. The number of benzene rings is 2. The fourth-order valence-corrected chi connectivity index (χ4v) is 4.42. The average Bonchev–Trinajstić information content (AvgIpc) is 2.78. The van der Waals surface area contributed by atoms with Gasteiger partial charge in [0.25, 0.3) is 0 Å². The molecule has 5 nitrogen and oxygen atoms in total. The van der Waals surface area contributed by atoms with Crippen molar-refractivity contribution in [1.82, 2.24) is 9.80 Å². The van der Waals surface area contributed by atoms with Crippen molar-refractivity contribution < 1.29 is 13.9 Å². The average molecular weight is 426 g/mol. The largest absolute Gasteiger partial charge is 0.490 e. The third kappa shape index (κ3) is 6.28. The molecule has 166 valence electrons. The predicted octanol–water partition coefficient (Wildman–Crippen LogP) is 4.15. The Morgan fingerprint density at radius 2 is 1.74 bits per heavy atom. The standard InChI is InChI=1S/C25H32FN3O2/c1-28-15-12-24(13-16-28)31-23-10-8-22(9-11-23)27-25(30)20-3-2-14-29(18-20)17-19-4-6-21(26)7-5-19/h4-11,20,24H,2-3,12-18H2,1H3,(H,27,30)/t20-/m1/s1. The molecule has 1 amide bonds. The number of rotatable bonds is 6. The topological polar surface area (TPSA) is 44.8 Å². The highest BCUT2D eigenvalue weighted by Crippen LogP contribution is 2.23. The van der Waals surface area contributed by atoms with E-state index in [2.05, 4.69) is 22.2 Å². The summed E-state index contributed by atoms with van der Waals surface area (Å²) in [6.07, 6.45) is 4.24. The Hall–Kier alpha value is -2.44. The van der Waals surface area contributed by atoms with Crippen LogP contribution in [-0.4, -0.2) is 55.0 Å². The smallest absolute Gasteiger partial charge is 0.228 e. The summed E-state index contributed by atoms with van der Waals surface area (Å²) in [5.41, 5.74) is 1.87. The van der Waals surface area contributed by atoms with Crippen molar-refractivity contribution in [2.75, 3.05) is 38.5 Å². The fourth-order valence-electron chi connectivity index (χ4n) is 4.42. The molecule has 4 rings (SSSR count). The first-order chi connectivity index (χ1) is 15.0. The molecule has 31 heavy (non-hydrogen) atoms. The minimum Gasteiger partial charge on any atom is -0.490 e. The van der Waals surface area contributed by atoms with Crippen molar-refractivity contribution in [3.05, 3.63) is 59.9 Å². The van der Waals surface area contributed by atoms with Gasteiger partial charge in [-0.25, -0.2) is 4.39 Å². The van der Waals surface area contributed by atoms with Gasteiger partial charge in [0.2, 0.25) is 5.91 Å². The minimum atomic E-state index is -0.220. The molecular weight excluding hydrogens is 393 g/mol. The lowest BCUT2D eigenvalue weighted by Gasteiger charge is -2.32. The third-order valence-electron chi connectivity index (χ3n) is 6.29. The van der Waals surface area contributed by atoms with E-state index in [0.717, 1.165) is 75.4 Å². The number of hydrogen-bond donors (Lipinski definition) is 1. The van der Waals surface area contributed by atoms with E-state index in [4.69, 9.17) is 4.74 Å². The van der Waals surface area contributed by atoms with Crippen molar-refractivity contribution in [3.8, 4) is 5.75 Å². The lowest BCUT2D eigenvalue weighted by Crippen LogP contribution is -2.40. The number of halogens is 1. The number of amides is 1. The van der Waals surface area contributed by atoms with Crippen molar-refractivity contribution in [2.45, 2.75) is 38.3 Å². The number of nitrogens with zero attached hydrogens (tertiary/aromatic N) is 2. The molecule has 1 N–H and O–H groups in total. The molecule has 2 aliphatic heterocycles. The van der Waals surface area contributed by atoms with Crippen LogP contribution in [-0.2, 0) is 11.3 Å². The zero-order valence-electron chi connectivity index (χ0n) is 18.2. The van der Waals surface area contributed by atoms with E-state index in [0.29, 0.717) is 0 Å². The molecule has 0 saturated carbocycles. The molecule has 0 spiro atoms. The van der Waals surface area contributed by atoms with Crippen LogP contribution in [0, 0.1) is 11.7 Å². The van der Waals surface area contributed by atoms with E-state index < -0.39 is 0 Å². The zero-order chi connectivity index (χ0) is 21.6. The summed E-state index contributed by atoms with van der Waals surface area (Å²) in [6, 6.07) is 14.3. The van der Waals surface area contributed by atoms with Gasteiger partial charge in [0, 0.05) is 31.9 Å². The highest BCUT2D eigenvalue weighted by atomic mass is 19.1. The molecule has 0 aliphatic carbocycles. The summed E-state index contributed by atoms with van der Waals surface area (Å²) in [7, 11) is 2.14. The lowest BCUT2D eigenvalue weighted by molar-refractivity contribution is -0.121. The molecule has 2 aromatic rings. The third-order valence-corrected chi connectivity index (χ3v) is 6.29. The van der Waals surface area contributed by atoms with Gasteiger partial charge in [-0.2, -0.15) is 0 Å². The second-order valence-corrected chi connectivity index (χ2v) is 8.83. The predicted molar refractivity (Wildman–Crippen MR) is 121 cm³/mol. The molecule has 2 saturated heterocycles. The SMILES string of the molecule is CN1CCC(Oc2ccc(NC(=O)[C@@H]3CCCN(Cc4ccc(F)cc4)C3)cc2)CC1. The minimum absolute atomic E-state index is 0.0376. The van der Waals surface area contributed by atoms with Crippen LogP contribution in [0.25, 0.3) is 0 Å². The van der Waals surface area contributed by atoms with Crippen LogP contribution < -0.4 is 10.1 Å². The highest BCUT2D eigenvalue weighted by molar-refractivity contribution is 5.92. The van der Waals surface area contributed by atoms with Crippen LogP contribution in [0.4, 0.5) is 10.1 Å². The molecule has 2 aromatic carbocycles. The summed E-state index contributed by atoms with van der Waals surface area (Å²) < 4.78 is 19.2. The molecule has 2 fully saturated rings. The Labute approximate surface area is 184 Å². The van der Waals surface area contributed by atoms with Crippen LogP contribution in [0.15, 0.2) is 48.5 Å². The van der Waals surface area contributed by atoms with Gasteiger partial charge in [-0.05, 0) is 81.2 Å². The monoisotopic (exact) mass is 425 g/mol. The van der Waals surface area contributed by atoms with E-state index in [1.165, 1.54) is 12.1 Å². The maximum Gasteiger partial charge on any atom is 0.228 e. The molecule has 6 heteroatoms. The number of anilines is 1. The summed E-state index contributed by atoms with van der Waals surface area (Å²) in [6.45, 7) is 4.56. The Bertz CT molecular complexity index is 848. The Morgan fingerprint density at radius 1 is 1.03 bits per heavy atom. The van der Waals surface area contributed by atoms with E-state index in [1.54, 1.807) is 0 Å². The van der Waals surface area contributed by atoms with Gasteiger partial charge in [-0.15, -0.1) is 0 Å². The van der Waals surface area contributed by atoms with Crippen LogP contribution in [0.5, 0.6) is 5.75 Å². The van der Waals surface area contributed by atoms with Crippen molar-refractivity contribution in [2.24, 2.45) is 5.92 Å². The fraction of sp³-hybridized carbons (Fsp3) is 0.480. The first-order valence-corrected chi connectivity index (χ1v) is 11.3. The van der Waals surface area contributed by atoms with Crippen molar-refractivity contribution in [1.29, 1.82) is 0 Å². The lowest BCUT2D eigenvalue weighted by atomic mass is 9.96. The maximum atomic E-state index is 13.1. The van der Waals surface area contributed by atoms with Gasteiger partial charge in [-0.3, -0.25) is 9.69 Å². The second-order valence-electron chi connectivity index (χ2n) is 8.83. The number of carbonyl (C=O) groups is 1. The summed E-state index contributed by atoms with van der Waals surface area (Å²) in [5, 5.41) is 3.06. The van der Waals surface area contributed by atoms with Crippen LogP contribution in [0.1, 0.15) is 31.2 Å². The normalized spacial score (nSPS) is 21.0. The van der Waals surface area contributed by atoms with Crippen molar-refractivity contribution >= 4 is 11.6 Å². The molecular formula is C25H32FN3O2. The number of piperidine rings is 2. The highest BCUT2D eigenvalue weighted by Gasteiger charge is 2.26. The van der Waals surface area contributed by atoms with Gasteiger partial charge >= 0.3 is 0 Å². The number of carbonyl (C=O) groups excluding carboxylic acids is 1. The van der Waals surface area contributed by atoms with Crippen molar-refractivity contribution in [3.63, 3.8) is 0 Å². The molecule has 1 atom stereocenters. The van der Waals surface area contributed by atoms with Gasteiger partial charge in [-0.1, -0.05) is 12.1 Å². The van der Waals surface area contributed by atoms with Gasteiger partial charge in [0.1, 0.15) is 17.7 Å². The Morgan fingerprint density at radius 3 is 2.45 bits per heavy atom. The second kappa shape index (κ2) is 10.2. The van der Waals surface area contributed by atoms with E-state index in [9.17, 15) is 9.18 Å². The summed E-state index contributed by atoms with van der Waals surface area (Å²) in [4.78, 5) is 17.4. The quantitative estimate of drug-likeness (QED) is 0.755. The van der Waals surface area contributed by atoms with Crippen LogP contribution in [0.2, 0.25) is 0 Å². The number of ether oxygens (including phenoxy) is 1. The molecule has 0 radical (unpaired) electrons. The number of likely N-dealkylation sites (tertiary alicyclic amines) is 2. The molecule has 2 heterocycles. The summed E-state index contributed by atoms with van der Waals surface area (Å²) >= 11 is 0. The molecule has 0 bridgehead atoms. The Balaban J connectivity index is 1.26. The van der Waals surface area contributed by atoms with Crippen LogP contribution >= 0.6 is 0 Å². The van der Waals surface area contributed by atoms with E-state index in [1.807, 2.05) is 36.4 Å². The molecule has 0 unspecified atom stereocenters. The number of hydrogen-bond acceptors (Lipinski definition) is 4. The van der Waals surface area contributed by atoms with Crippen LogP contribution in [0.3, 0.4) is 0 Å². The van der Waals surface area contributed by atoms with Gasteiger partial charge < -0.3 is 15.0 Å². The molecule has 2 aliphatic rings. The maximum absolute atomic E-state index is 13.1. The van der Waals surface area contributed by atoms with E-state index in [-0.39, 0.29) is 23.7 Å². The molecule has 0 aromatic heterocycles. The van der Waals surface area contributed by atoms with E-state index >= 15 is 0 Å². The first-order valence-electron chi connectivity index (χ1n) is 11.3. The number of nitrogens with one attached hydrogen (secondary N) is 1. The Kier molecular flexibility index (Phi) is 7.20. The van der Waals surface area contributed by atoms with Gasteiger partial charge in [0.15, 0.2) is 0 Å².